The van der Waals surface area contributed by atoms with Crippen molar-refractivity contribution in [3.05, 3.63) is 12.7 Å². The normalized spacial score (nSPS) is 9.09. The predicted molar refractivity (Wildman–Crippen MR) is 39.0 cm³/mol. The van der Waals surface area contributed by atoms with Gasteiger partial charge in [-0.2, -0.15) is 0 Å². The summed E-state index contributed by atoms with van der Waals surface area (Å²) in [4.78, 5) is 21.1. The van der Waals surface area contributed by atoms with Gasteiger partial charge in [0.05, 0.1) is 0 Å². The Morgan fingerprint density at radius 2 is 2.18 bits per heavy atom. The number of nitrogens with one attached hydrogen (secondary N) is 1. The molecule has 0 aromatic carbocycles. The highest BCUT2D eigenvalue weighted by Gasteiger charge is 1.90. The maximum absolute atomic E-state index is 9.90. The maximum atomic E-state index is 9.90. The van der Waals surface area contributed by atoms with Crippen molar-refractivity contribution in [1.29, 1.82) is 0 Å². The van der Waals surface area contributed by atoms with E-state index < -0.39 is 0 Å². The van der Waals surface area contributed by atoms with Crippen molar-refractivity contribution in [2.24, 2.45) is 0 Å². The molecule has 0 radical (unpaired) electrons. The zero-order valence-electron chi connectivity index (χ0n) is 5.90. The van der Waals surface area contributed by atoms with Crippen LogP contribution < -0.4 is 5.32 Å². The first-order valence-electron chi connectivity index (χ1n) is 3.23. The zero-order chi connectivity index (χ0) is 7.94. The number of anilines is 1. The standard InChI is InChI=1S/C6H8N4O/c11-3-1-2-8-6-9-4-7-5-10-6/h3-5H,1-2H2,(H,7,8,9,10). The molecule has 0 atom stereocenters. The van der Waals surface area contributed by atoms with Crippen LogP contribution in [0.5, 0.6) is 0 Å². The van der Waals surface area contributed by atoms with Crippen molar-refractivity contribution in [2.45, 2.75) is 6.42 Å². The van der Waals surface area contributed by atoms with Crippen LogP contribution >= 0.6 is 0 Å². The quantitative estimate of drug-likeness (QED) is 0.481. The number of hydrogen-bond donors (Lipinski definition) is 1. The van der Waals surface area contributed by atoms with Crippen LogP contribution in [-0.2, 0) is 4.79 Å². The van der Waals surface area contributed by atoms with E-state index in [1.54, 1.807) is 0 Å². The molecule has 1 heterocycles. The number of rotatable bonds is 4. The zero-order valence-corrected chi connectivity index (χ0v) is 5.90. The van der Waals surface area contributed by atoms with Gasteiger partial charge in [0.2, 0.25) is 5.95 Å². The van der Waals surface area contributed by atoms with Crippen molar-refractivity contribution in [1.82, 2.24) is 15.0 Å². The summed E-state index contributed by atoms with van der Waals surface area (Å²) in [5.74, 6) is 0.502. The fourth-order valence-corrected chi connectivity index (χ4v) is 0.573. The van der Waals surface area contributed by atoms with E-state index in [1.165, 1.54) is 12.7 Å². The fourth-order valence-electron chi connectivity index (χ4n) is 0.573. The minimum Gasteiger partial charge on any atom is -0.354 e. The SMILES string of the molecule is O=CCCNc1ncncn1. The Labute approximate surface area is 63.9 Å². The molecule has 11 heavy (non-hydrogen) atoms. The molecular formula is C6H8N4O. The molecule has 0 bridgehead atoms. The topological polar surface area (TPSA) is 67.8 Å². The first-order valence-corrected chi connectivity index (χ1v) is 3.23. The van der Waals surface area contributed by atoms with Crippen LogP contribution in [0.1, 0.15) is 6.42 Å². The summed E-state index contributed by atoms with van der Waals surface area (Å²) in [7, 11) is 0. The van der Waals surface area contributed by atoms with Crippen molar-refractivity contribution < 1.29 is 4.79 Å². The van der Waals surface area contributed by atoms with Crippen LogP contribution in [0, 0.1) is 0 Å². The van der Waals surface area contributed by atoms with Gasteiger partial charge in [-0.05, 0) is 0 Å². The van der Waals surface area contributed by atoms with E-state index in [4.69, 9.17) is 0 Å². The molecule has 0 saturated heterocycles. The van der Waals surface area contributed by atoms with Crippen LogP contribution in [0.2, 0.25) is 0 Å². The lowest BCUT2D eigenvalue weighted by atomic mass is 10.5. The van der Waals surface area contributed by atoms with E-state index in [2.05, 4.69) is 20.3 Å². The maximum Gasteiger partial charge on any atom is 0.225 e. The minimum atomic E-state index is 0.464. The molecule has 1 aromatic heterocycles. The van der Waals surface area contributed by atoms with E-state index in [1.807, 2.05) is 0 Å². The molecule has 0 spiro atoms. The summed E-state index contributed by atoms with van der Waals surface area (Å²) in [5, 5.41) is 2.85. The Bertz CT molecular complexity index is 213. The van der Waals surface area contributed by atoms with Crippen molar-refractivity contribution in [2.75, 3.05) is 11.9 Å². The van der Waals surface area contributed by atoms with Crippen molar-refractivity contribution in [3.63, 3.8) is 0 Å². The smallest absolute Gasteiger partial charge is 0.225 e. The lowest BCUT2D eigenvalue weighted by Crippen LogP contribution is -2.05. The Morgan fingerprint density at radius 1 is 1.45 bits per heavy atom. The van der Waals surface area contributed by atoms with Crippen LogP contribution in [-0.4, -0.2) is 27.8 Å². The number of hydrogen-bond acceptors (Lipinski definition) is 5. The summed E-state index contributed by atoms with van der Waals surface area (Å²) in [5.41, 5.74) is 0. The predicted octanol–water partition coefficient (Wildman–Crippen LogP) is -0.128. The Hall–Kier alpha value is -1.52. The van der Waals surface area contributed by atoms with E-state index >= 15 is 0 Å². The number of carbonyl (C=O) groups excluding carboxylic acids is 1. The van der Waals surface area contributed by atoms with Crippen molar-refractivity contribution in [3.8, 4) is 0 Å². The second kappa shape index (κ2) is 4.32. The number of nitrogens with zero attached hydrogens (tertiary/aromatic N) is 3. The molecule has 5 nitrogen and oxygen atoms in total. The van der Waals surface area contributed by atoms with Gasteiger partial charge in [0.15, 0.2) is 0 Å². The van der Waals surface area contributed by atoms with Crippen molar-refractivity contribution >= 4 is 12.2 Å². The molecule has 0 aliphatic carbocycles. The third kappa shape index (κ3) is 2.70. The van der Waals surface area contributed by atoms with Gasteiger partial charge in [0, 0.05) is 13.0 Å². The molecule has 58 valence electrons. The van der Waals surface area contributed by atoms with Gasteiger partial charge in [-0.1, -0.05) is 0 Å². The van der Waals surface area contributed by atoms with E-state index in [9.17, 15) is 4.79 Å². The monoisotopic (exact) mass is 152 g/mol. The van der Waals surface area contributed by atoms with E-state index in [0.717, 1.165) is 6.29 Å². The van der Waals surface area contributed by atoms with Gasteiger partial charge in [-0.15, -0.1) is 0 Å². The van der Waals surface area contributed by atoms with Gasteiger partial charge in [0.1, 0.15) is 18.9 Å². The molecule has 5 heteroatoms. The van der Waals surface area contributed by atoms with Gasteiger partial charge in [-0.25, -0.2) is 15.0 Å². The summed E-state index contributed by atoms with van der Waals surface area (Å²) in [6.07, 6.45) is 4.10. The van der Waals surface area contributed by atoms with Crippen LogP contribution in [0.15, 0.2) is 12.7 Å². The Balaban J connectivity index is 2.33. The van der Waals surface area contributed by atoms with E-state index in [0.29, 0.717) is 18.9 Å². The molecule has 1 rings (SSSR count). The average Bonchev–Trinajstić information content (AvgIpc) is 2.07. The Morgan fingerprint density at radius 3 is 2.82 bits per heavy atom. The largest absolute Gasteiger partial charge is 0.354 e. The summed E-state index contributed by atoms with van der Waals surface area (Å²) in [6, 6.07) is 0. The van der Waals surface area contributed by atoms with Crippen LogP contribution in [0.3, 0.4) is 0 Å². The second-order valence-corrected chi connectivity index (χ2v) is 1.84. The molecule has 0 unspecified atom stereocenters. The summed E-state index contributed by atoms with van der Waals surface area (Å²) < 4.78 is 0. The van der Waals surface area contributed by atoms with Gasteiger partial charge >= 0.3 is 0 Å². The first-order chi connectivity index (χ1) is 5.43. The van der Waals surface area contributed by atoms with Crippen LogP contribution in [0.25, 0.3) is 0 Å². The molecule has 0 aliphatic heterocycles. The average molecular weight is 152 g/mol. The minimum absolute atomic E-state index is 0.464. The van der Waals surface area contributed by atoms with Crippen LogP contribution in [0.4, 0.5) is 5.95 Å². The molecular weight excluding hydrogens is 144 g/mol. The number of aromatic nitrogens is 3. The molecule has 0 fully saturated rings. The highest BCUT2D eigenvalue weighted by Crippen LogP contribution is 1.90. The third-order valence-corrected chi connectivity index (χ3v) is 1.04. The van der Waals surface area contributed by atoms with E-state index in [-0.39, 0.29) is 0 Å². The highest BCUT2D eigenvalue weighted by atomic mass is 16.1. The first kappa shape index (κ1) is 7.59. The molecule has 0 saturated carbocycles. The third-order valence-electron chi connectivity index (χ3n) is 1.04. The number of carbonyl (C=O) groups is 1. The summed E-state index contributed by atoms with van der Waals surface area (Å²) >= 11 is 0. The number of aldehydes is 1. The lowest BCUT2D eigenvalue weighted by Gasteiger charge is -1.98. The lowest BCUT2D eigenvalue weighted by molar-refractivity contribution is -0.107. The van der Waals surface area contributed by atoms with Gasteiger partial charge in [-0.3, -0.25) is 0 Å². The fraction of sp³-hybridized carbons (Fsp3) is 0.333. The second-order valence-electron chi connectivity index (χ2n) is 1.84. The molecule has 0 amide bonds. The Kier molecular flexibility index (Phi) is 2.98. The molecule has 0 aliphatic rings. The molecule has 1 aromatic rings. The van der Waals surface area contributed by atoms with Gasteiger partial charge in [0.25, 0.3) is 0 Å². The molecule has 1 N–H and O–H groups in total. The summed E-state index contributed by atoms with van der Waals surface area (Å²) in [6.45, 7) is 0.563. The van der Waals surface area contributed by atoms with Gasteiger partial charge < -0.3 is 10.1 Å². The highest BCUT2D eigenvalue weighted by molar-refractivity contribution is 5.50.